The molecule has 15 heteroatoms. The highest BCUT2D eigenvalue weighted by atomic mass is 16.5. The number of ether oxygens (including phenoxy) is 1. The van der Waals surface area contributed by atoms with Crippen molar-refractivity contribution in [1.82, 2.24) is 30.5 Å². The Hall–Kier alpha value is -4.24. The number of primary amides is 1. The quantitative estimate of drug-likeness (QED) is 0.178. The number of rotatable bonds is 13. The van der Waals surface area contributed by atoms with Crippen molar-refractivity contribution in [3.63, 3.8) is 0 Å². The number of unbranched alkanes of at least 4 members (excludes halogenated alkanes) is 1. The molecule has 1 aromatic carbocycles. The number of aliphatic hydroxyl groups excluding tert-OH is 1. The monoisotopic (exact) mass is 575 g/mol. The minimum absolute atomic E-state index is 0.0268. The number of carbonyl (C=O) groups is 4. The number of benzene rings is 1. The zero-order chi connectivity index (χ0) is 30.2. The number of nitrogens with one attached hydrogen (secondary N) is 2. The fourth-order valence-corrected chi connectivity index (χ4v) is 4.64. The van der Waals surface area contributed by atoms with Gasteiger partial charge < -0.3 is 36.4 Å². The number of carboxylic acid groups (broad SMARTS) is 1. The van der Waals surface area contributed by atoms with Gasteiger partial charge in [-0.1, -0.05) is 35.5 Å². The molecule has 1 saturated heterocycles. The number of nitrogens with zero attached hydrogens (tertiary/aromatic N) is 4. The van der Waals surface area contributed by atoms with E-state index in [1.54, 1.807) is 0 Å². The fraction of sp³-hybridized carbons (Fsp3) is 0.538. The summed E-state index contributed by atoms with van der Waals surface area (Å²) in [6.45, 7) is 3.36. The standard InChI is InChI=1S/C26H37N7O8/c1-26(2,40)20-13-29-31-33(20)17-12-19(32(14-17)25(38)39)23(36)30-18(21(34)22(27)35)10-6-7-11-28-24(37)41-15-16-8-4-3-5-9-16/h3-5,8-9,13,17-19,21,34,40H,6-7,10-12,14-15H2,1-2H3,(H2,27,35)(H,28,37)(H,30,36)(H,38,39)/t17-,18?,19-,21?/m0/s1. The van der Waals surface area contributed by atoms with Gasteiger partial charge in [-0.2, -0.15) is 0 Å². The molecule has 0 aliphatic carbocycles. The maximum absolute atomic E-state index is 13.2. The number of nitrogens with two attached hydrogens (primary N) is 1. The number of alkyl carbamates (subject to hydrolysis) is 1. The number of carbonyl (C=O) groups excluding carboxylic acids is 3. The van der Waals surface area contributed by atoms with Crippen molar-refractivity contribution in [1.29, 1.82) is 0 Å². The first-order valence-electron chi connectivity index (χ1n) is 13.2. The zero-order valence-corrected chi connectivity index (χ0v) is 23.0. The van der Waals surface area contributed by atoms with Crippen LogP contribution in [0.1, 0.15) is 56.8 Å². The minimum atomic E-state index is -1.71. The third kappa shape index (κ3) is 8.62. The maximum atomic E-state index is 13.2. The van der Waals surface area contributed by atoms with Crippen molar-refractivity contribution >= 4 is 24.0 Å². The second kappa shape index (κ2) is 13.9. The highest BCUT2D eigenvalue weighted by Crippen LogP contribution is 2.31. The van der Waals surface area contributed by atoms with Crippen LogP contribution in [0, 0.1) is 0 Å². The van der Waals surface area contributed by atoms with E-state index < -0.39 is 53.8 Å². The van der Waals surface area contributed by atoms with Crippen LogP contribution in [0.15, 0.2) is 36.5 Å². The molecular formula is C26H37N7O8. The van der Waals surface area contributed by atoms with Gasteiger partial charge in [0.1, 0.15) is 18.2 Å². The molecule has 15 nitrogen and oxygen atoms in total. The first-order valence-corrected chi connectivity index (χ1v) is 13.2. The van der Waals surface area contributed by atoms with Crippen molar-refractivity contribution in [3.8, 4) is 0 Å². The third-order valence-electron chi connectivity index (χ3n) is 6.80. The van der Waals surface area contributed by atoms with Gasteiger partial charge in [-0.25, -0.2) is 14.3 Å². The normalized spacial score (nSPS) is 18.4. The molecule has 0 radical (unpaired) electrons. The SMILES string of the molecule is CC(C)(O)c1cnnn1[C@H]1C[C@@H](C(=O)NC(CCCCNC(=O)OCc2ccccc2)C(O)C(N)=O)N(C(=O)O)C1. The number of likely N-dealkylation sites (tertiary alicyclic amines) is 1. The summed E-state index contributed by atoms with van der Waals surface area (Å²) in [5.74, 6) is -1.76. The number of hydrogen-bond donors (Lipinski definition) is 6. The van der Waals surface area contributed by atoms with Gasteiger partial charge >= 0.3 is 12.2 Å². The zero-order valence-electron chi connectivity index (χ0n) is 23.0. The Kier molecular flexibility index (Phi) is 10.6. The molecule has 1 aromatic heterocycles. The van der Waals surface area contributed by atoms with Gasteiger partial charge in [0.15, 0.2) is 6.10 Å². The lowest BCUT2D eigenvalue weighted by atomic mass is 10.0. The summed E-state index contributed by atoms with van der Waals surface area (Å²) < 4.78 is 6.54. The van der Waals surface area contributed by atoms with Crippen LogP contribution in [0.4, 0.5) is 9.59 Å². The molecule has 224 valence electrons. The van der Waals surface area contributed by atoms with Gasteiger partial charge in [-0.15, -0.1) is 5.10 Å². The molecule has 2 unspecified atom stereocenters. The van der Waals surface area contributed by atoms with Gasteiger partial charge in [0.25, 0.3) is 0 Å². The summed E-state index contributed by atoms with van der Waals surface area (Å²) in [4.78, 5) is 49.7. The largest absolute Gasteiger partial charge is 0.465 e. The second-order valence-electron chi connectivity index (χ2n) is 10.4. The summed E-state index contributed by atoms with van der Waals surface area (Å²) in [6.07, 6.45) is -1.29. The lowest BCUT2D eigenvalue weighted by Gasteiger charge is -2.26. The Labute approximate surface area is 236 Å². The molecule has 1 aliphatic rings. The van der Waals surface area contributed by atoms with Crippen LogP contribution in [-0.4, -0.2) is 90.5 Å². The van der Waals surface area contributed by atoms with Crippen LogP contribution >= 0.6 is 0 Å². The van der Waals surface area contributed by atoms with E-state index in [-0.39, 0.29) is 32.5 Å². The topological polar surface area (TPSA) is 222 Å². The van der Waals surface area contributed by atoms with E-state index in [1.165, 1.54) is 24.7 Å². The van der Waals surface area contributed by atoms with Crippen LogP contribution < -0.4 is 16.4 Å². The van der Waals surface area contributed by atoms with Crippen molar-refractivity contribution in [3.05, 3.63) is 47.8 Å². The Bertz CT molecular complexity index is 1200. The van der Waals surface area contributed by atoms with Crippen molar-refractivity contribution < 1.29 is 39.2 Å². The summed E-state index contributed by atoms with van der Waals surface area (Å²) in [6, 6.07) is 6.36. The third-order valence-corrected chi connectivity index (χ3v) is 6.80. The van der Waals surface area contributed by atoms with E-state index in [2.05, 4.69) is 20.9 Å². The minimum Gasteiger partial charge on any atom is -0.465 e. The van der Waals surface area contributed by atoms with Gasteiger partial charge in [-0.05, 0) is 38.7 Å². The summed E-state index contributed by atoms with van der Waals surface area (Å²) in [5, 5.41) is 43.5. The molecule has 2 aromatic rings. The van der Waals surface area contributed by atoms with Crippen LogP contribution in [0.5, 0.6) is 0 Å². The highest BCUT2D eigenvalue weighted by Gasteiger charge is 2.43. The van der Waals surface area contributed by atoms with Crippen LogP contribution in [0.2, 0.25) is 0 Å². The van der Waals surface area contributed by atoms with Crippen molar-refractivity contribution in [2.24, 2.45) is 5.73 Å². The lowest BCUT2D eigenvalue weighted by Crippen LogP contribution is -2.54. The van der Waals surface area contributed by atoms with E-state index >= 15 is 0 Å². The summed E-state index contributed by atoms with van der Waals surface area (Å²) >= 11 is 0. The van der Waals surface area contributed by atoms with Crippen LogP contribution in [0.3, 0.4) is 0 Å². The number of aromatic nitrogens is 3. The number of amides is 4. The van der Waals surface area contributed by atoms with Gasteiger partial charge in [-0.3, -0.25) is 14.5 Å². The Morgan fingerprint density at radius 2 is 1.90 bits per heavy atom. The molecule has 1 fully saturated rings. The van der Waals surface area contributed by atoms with E-state index in [0.717, 1.165) is 10.5 Å². The molecule has 0 bridgehead atoms. The molecule has 0 spiro atoms. The fourth-order valence-electron chi connectivity index (χ4n) is 4.64. The van der Waals surface area contributed by atoms with E-state index in [4.69, 9.17) is 10.5 Å². The Morgan fingerprint density at radius 1 is 1.20 bits per heavy atom. The van der Waals surface area contributed by atoms with E-state index in [9.17, 15) is 34.5 Å². The first kappa shape index (κ1) is 31.3. The molecule has 4 amide bonds. The molecule has 2 heterocycles. The Balaban J connectivity index is 1.55. The van der Waals surface area contributed by atoms with Gasteiger partial charge in [0, 0.05) is 19.5 Å². The number of aliphatic hydroxyl groups is 2. The van der Waals surface area contributed by atoms with Gasteiger partial charge in [0.05, 0.1) is 24.0 Å². The van der Waals surface area contributed by atoms with Crippen molar-refractivity contribution in [2.45, 2.75) is 76.0 Å². The second-order valence-corrected chi connectivity index (χ2v) is 10.4. The number of hydrogen-bond acceptors (Lipinski definition) is 9. The maximum Gasteiger partial charge on any atom is 0.408 e. The predicted molar refractivity (Wildman–Crippen MR) is 143 cm³/mol. The molecule has 41 heavy (non-hydrogen) atoms. The summed E-state index contributed by atoms with van der Waals surface area (Å²) in [5.41, 5.74) is 5.17. The highest BCUT2D eigenvalue weighted by molar-refractivity contribution is 5.87. The van der Waals surface area contributed by atoms with Crippen LogP contribution in [-0.2, 0) is 26.5 Å². The van der Waals surface area contributed by atoms with E-state index in [1.807, 2.05) is 30.3 Å². The Morgan fingerprint density at radius 3 is 2.54 bits per heavy atom. The smallest absolute Gasteiger partial charge is 0.408 e. The molecule has 1 aliphatic heterocycles. The molecule has 7 N–H and O–H groups in total. The van der Waals surface area contributed by atoms with Crippen LogP contribution in [0.25, 0.3) is 0 Å². The average Bonchev–Trinajstić information content (AvgIpc) is 3.59. The predicted octanol–water partition coefficient (Wildman–Crippen LogP) is 0.227. The average molecular weight is 576 g/mol. The van der Waals surface area contributed by atoms with Crippen molar-refractivity contribution in [2.75, 3.05) is 13.1 Å². The first-order chi connectivity index (χ1) is 19.4. The summed E-state index contributed by atoms with van der Waals surface area (Å²) in [7, 11) is 0. The van der Waals surface area contributed by atoms with Gasteiger partial charge in [0.2, 0.25) is 11.8 Å². The molecule has 4 atom stereocenters. The lowest BCUT2D eigenvalue weighted by molar-refractivity contribution is -0.131. The molecular weight excluding hydrogens is 538 g/mol. The van der Waals surface area contributed by atoms with E-state index in [0.29, 0.717) is 18.5 Å². The molecule has 0 saturated carbocycles. The molecule has 3 rings (SSSR count).